The minimum absolute atomic E-state index is 1.26. The molecule has 0 radical (unpaired) electrons. The van der Waals surface area contributed by atoms with Gasteiger partial charge in [0, 0.05) is 39.5 Å². The van der Waals surface area contributed by atoms with Gasteiger partial charge in [-0.15, -0.1) is 0 Å². The molecule has 3 aromatic heterocycles. The predicted octanol–water partition coefficient (Wildman–Crippen LogP) is 7.63. The van der Waals surface area contributed by atoms with Gasteiger partial charge in [-0.05, 0) is 46.5 Å². The van der Waals surface area contributed by atoms with E-state index >= 15 is 0 Å². The molecule has 0 saturated heterocycles. The molecule has 0 aliphatic carbocycles. The van der Waals surface area contributed by atoms with E-state index in [-0.39, 0.29) is 0 Å². The summed E-state index contributed by atoms with van der Waals surface area (Å²) in [4.78, 5) is 0. The fraction of sp³-hybridized carbons (Fsp3) is 0.0345. The summed E-state index contributed by atoms with van der Waals surface area (Å²) in [6.07, 6.45) is 0. The van der Waals surface area contributed by atoms with Gasteiger partial charge >= 0.3 is 0 Å². The Morgan fingerprint density at radius 2 is 1.19 bits per heavy atom. The van der Waals surface area contributed by atoms with Crippen LogP contribution in [0.25, 0.3) is 70.7 Å². The summed E-state index contributed by atoms with van der Waals surface area (Å²) < 4.78 is 4.86. The number of para-hydroxylation sites is 1. The van der Waals surface area contributed by atoms with Crippen LogP contribution < -0.4 is 0 Å². The predicted molar refractivity (Wildman–Crippen MR) is 133 cm³/mol. The number of hydrogen-bond donors (Lipinski definition) is 0. The first-order valence-electron chi connectivity index (χ1n) is 10.8. The number of benzene rings is 5. The lowest BCUT2D eigenvalue weighted by molar-refractivity contribution is 1.01. The zero-order chi connectivity index (χ0) is 20.3. The summed E-state index contributed by atoms with van der Waals surface area (Å²) in [5, 5.41) is 10.6. The highest BCUT2D eigenvalue weighted by Gasteiger charge is 2.21. The van der Waals surface area contributed by atoms with Crippen LogP contribution in [-0.2, 0) is 7.05 Å². The van der Waals surface area contributed by atoms with Crippen LogP contribution in [0.1, 0.15) is 0 Å². The van der Waals surface area contributed by atoms with E-state index in [4.69, 9.17) is 0 Å². The number of rotatable bonds is 0. The Morgan fingerprint density at radius 1 is 0.484 bits per heavy atom. The quantitative estimate of drug-likeness (QED) is 0.250. The molecule has 8 aromatic rings. The van der Waals surface area contributed by atoms with Crippen molar-refractivity contribution in [2.45, 2.75) is 0 Å². The summed E-state index contributed by atoms with van der Waals surface area (Å²) >= 11 is 0. The van der Waals surface area contributed by atoms with E-state index in [1.54, 1.807) is 0 Å². The molecule has 31 heavy (non-hydrogen) atoms. The first-order valence-corrected chi connectivity index (χ1v) is 10.8. The van der Waals surface area contributed by atoms with Gasteiger partial charge in [0.2, 0.25) is 0 Å². The smallest absolute Gasteiger partial charge is 0.0641 e. The van der Waals surface area contributed by atoms with Crippen molar-refractivity contribution < 1.29 is 0 Å². The van der Waals surface area contributed by atoms with E-state index in [1.807, 2.05) is 0 Å². The molecule has 0 unspecified atom stereocenters. The van der Waals surface area contributed by atoms with Crippen molar-refractivity contribution in [3.05, 3.63) is 91.0 Å². The highest BCUT2D eigenvalue weighted by atomic mass is 15.0. The summed E-state index contributed by atoms with van der Waals surface area (Å²) in [6.45, 7) is 0. The van der Waals surface area contributed by atoms with Gasteiger partial charge in [0.15, 0.2) is 0 Å². The van der Waals surface area contributed by atoms with E-state index in [0.29, 0.717) is 0 Å². The van der Waals surface area contributed by atoms with Crippen molar-refractivity contribution in [1.82, 2.24) is 8.97 Å². The van der Waals surface area contributed by atoms with Crippen molar-refractivity contribution in [1.29, 1.82) is 0 Å². The molecule has 0 atom stereocenters. The number of aromatic nitrogens is 2. The molecule has 2 nitrogen and oxygen atoms in total. The van der Waals surface area contributed by atoms with E-state index in [0.717, 1.165) is 0 Å². The Hall–Kier alpha value is -4.04. The first kappa shape index (κ1) is 15.8. The van der Waals surface area contributed by atoms with Crippen molar-refractivity contribution >= 4 is 70.7 Å². The maximum Gasteiger partial charge on any atom is 0.0641 e. The number of hydrogen-bond acceptors (Lipinski definition) is 0. The van der Waals surface area contributed by atoms with Gasteiger partial charge in [-0.25, -0.2) is 0 Å². The van der Waals surface area contributed by atoms with Crippen LogP contribution in [0.2, 0.25) is 0 Å². The summed E-state index contributed by atoms with van der Waals surface area (Å²) in [5.74, 6) is 0. The van der Waals surface area contributed by atoms with Crippen LogP contribution in [0.3, 0.4) is 0 Å². The fourth-order valence-corrected chi connectivity index (χ4v) is 5.89. The first-order chi connectivity index (χ1) is 15.3. The molecule has 0 aliphatic rings. The number of aryl methyl sites for hydroxylation is 1. The third-order valence-electron chi connectivity index (χ3n) is 7.22. The molecule has 5 aromatic carbocycles. The van der Waals surface area contributed by atoms with Gasteiger partial charge in [-0.1, -0.05) is 60.7 Å². The van der Waals surface area contributed by atoms with Gasteiger partial charge in [-0.2, -0.15) is 0 Å². The second kappa shape index (κ2) is 5.16. The van der Waals surface area contributed by atoms with Gasteiger partial charge in [0.1, 0.15) is 0 Å². The topological polar surface area (TPSA) is 9.34 Å². The zero-order valence-corrected chi connectivity index (χ0v) is 17.1. The molecule has 8 rings (SSSR count). The normalized spacial score (nSPS) is 12.7. The Bertz CT molecular complexity index is 2000. The zero-order valence-electron chi connectivity index (χ0n) is 17.1. The largest absolute Gasteiger partial charge is 0.344 e. The number of nitrogens with zero attached hydrogens (tertiary/aromatic N) is 2. The lowest BCUT2D eigenvalue weighted by atomic mass is 10.0. The Morgan fingerprint density at radius 3 is 2.10 bits per heavy atom. The van der Waals surface area contributed by atoms with Crippen molar-refractivity contribution in [2.24, 2.45) is 7.05 Å². The van der Waals surface area contributed by atoms with Gasteiger partial charge < -0.3 is 8.97 Å². The highest BCUT2D eigenvalue weighted by molar-refractivity contribution is 6.33. The molecule has 0 N–H and O–H groups in total. The molecule has 0 amide bonds. The van der Waals surface area contributed by atoms with Crippen LogP contribution in [-0.4, -0.2) is 8.97 Å². The summed E-state index contributed by atoms with van der Waals surface area (Å²) in [5.41, 5.74) is 6.44. The van der Waals surface area contributed by atoms with Crippen LogP contribution in [0.5, 0.6) is 0 Å². The van der Waals surface area contributed by atoms with E-state index in [2.05, 4.69) is 107 Å². The van der Waals surface area contributed by atoms with Crippen molar-refractivity contribution in [3.8, 4) is 0 Å². The molecule has 0 saturated carbocycles. The maximum atomic E-state index is 2.51. The van der Waals surface area contributed by atoms with Gasteiger partial charge in [0.05, 0.1) is 22.1 Å². The molecular formula is C29H18N2. The SMILES string of the molecule is Cn1c2cccc3c4ccccc4n4c5cc6ccccc6cc5c5ccc1c(c32)c54. The van der Waals surface area contributed by atoms with E-state index in [9.17, 15) is 0 Å². The second-order valence-electron chi connectivity index (χ2n) is 8.68. The third-order valence-corrected chi connectivity index (χ3v) is 7.22. The van der Waals surface area contributed by atoms with E-state index < -0.39 is 0 Å². The minimum atomic E-state index is 1.26. The van der Waals surface area contributed by atoms with Crippen LogP contribution in [0.15, 0.2) is 91.0 Å². The summed E-state index contributed by atoms with van der Waals surface area (Å²) in [7, 11) is 2.19. The fourth-order valence-electron chi connectivity index (χ4n) is 5.89. The van der Waals surface area contributed by atoms with Gasteiger partial charge in [0.25, 0.3) is 0 Å². The summed E-state index contributed by atoms with van der Waals surface area (Å²) in [6, 6.07) is 33.6. The van der Waals surface area contributed by atoms with Crippen molar-refractivity contribution in [2.75, 3.05) is 0 Å². The maximum absolute atomic E-state index is 2.51. The molecule has 0 spiro atoms. The van der Waals surface area contributed by atoms with Crippen LogP contribution >= 0.6 is 0 Å². The minimum Gasteiger partial charge on any atom is -0.344 e. The molecule has 3 heterocycles. The highest BCUT2D eigenvalue weighted by Crippen LogP contribution is 2.44. The van der Waals surface area contributed by atoms with Crippen LogP contribution in [0.4, 0.5) is 0 Å². The molecule has 2 heteroatoms. The second-order valence-corrected chi connectivity index (χ2v) is 8.68. The molecular weight excluding hydrogens is 376 g/mol. The lowest BCUT2D eigenvalue weighted by Crippen LogP contribution is -1.88. The lowest BCUT2D eigenvalue weighted by Gasteiger charge is -2.04. The van der Waals surface area contributed by atoms with E-state index in [1.165, 1.54) is 70.7 Å². The van der Waals surface area contributed by atoms with Crippen LogP contribution in [0, 0.1) is 0 Å². The number of fused-ring (bicyclic) bond motifs is 7. The average molecular weight is 394 g/mol. The molecule has 0 fully saturated rings. The molecule has 0 aliphatic heterocycles. The van der Waals surface area contributed by atoms with Gasteiger partial charge in [-0.3, -0.25) is 0 Å². The Kier molecular flexibility index (Phi) is 2.62. The molecule has 0 bridgehead atoms. The Balaban J connectivity index is 1.87. The Labute approximate surface area is 177 Å². The average Bonchev–Trinajstić information content (AvgIpc) is 3.24. The van der Waals surface area contributed by atoms with Crippen molar-refractivity contribution in [3.63, 3.8) is 0 Å². The third kappa shape index (κ3) is 1.72. The standard InChI is InChI=1S/C29H18N2/c1-30-24-12-6-10-20-19-9-4-5-11-23(19)31-26-16-18-8-3-2-7-17(18)15-22(26)21-13-14-25(30)28(27(20)24)29(21)31/h2-16H,1H3. The molecule has 144 valence electrons. The monoisotopic (exact) mass is 394 g/mol.